The van der Waals surface area contributed by atoms with E-state index in [0.29, 0.717) is 12.1 Å². The van der Waals surface area contributed by atoms with Gasteiger partial charge in [-0.25, -0.2) is 4.79 Å². The number of carbonyl (C=O) groups is 2. The Labute approximate surface area is 105 Å². The van der Waals surface area contributed by atoms with Crippen LogP contribution in [0, 0.1) is 0 Å². The standard InChI is InChI=1S/C11H17N3O4/c1-3-9(11(16)17-4-2)18-10(15)7-14-6-8(12)5-13-14/h5-6,9H,3-4,7,12H2,1-2H3. The fourth-order valence-electron chi connectivity index (χ4n) is 1.33. The first-order valence-electron chi connectivity index (χ1n) is 5.70. The maximum absolute atomic E-state index is 11.6. The Hall–Kier alpha value is -2.05. The van der Waals surface area contributed by atoms with E-state index in [1.54, 1.807) is 13.8 Å². The second-order valence-electron chi connectivity index (χ2n) is 3.61. The lowest BCUT2D eigenvalue weighted by Gasteiger charge is -2.14. The summed E-state index contributed by atoms with van der Waals surface area (Å²) in [6.45, 7) is 3.59. The molecule has 0 aliphatic carbocycles. The summed E-state index contributed by atoms with van der Waals surface area (Å²) < 4.78 is 11.1. The van der Waals surface area contributed by atoms with E-state index in [9.17, 15) is 9.59 Å². The molecule has 1 heterocycles. The van der Waals surface area contributed by atoms with Crippen LogP contribution in [0.5, 0.6) is 0 Å². The van der Waals surface area contributed by atoms with E-state index >= 15 is 0 Å². The summed E-state index contributed by atoms with van der Waals surface area (Å²) in [4.78, 5) is 23.0. The van der Waals surface area contributed by atoms with Crippen LogP contribution in [0.1, 0.15) is 20.3 Å². The molecule has 0 bridgehead atoms. The Morgan fingerprint density at radius 2 is 2.22 bits per heavy atom. The van der Waals surface area contributed by atoms with Crippen LogP contribution in [-0.2, 0) is 25.6 Å². The van der Waals surface area contributed by atoms with Crippen molar-refractivity contribution in [2.75, 3.05) is 12.3 Å². The number of esters is 2. The SMILES string of the molecule is CCOC(=O)C(CC)OC(=O)Cn1cc(N)cn1. The molecule has 0 aliphatic rings. The highest BCUT2D eigenvalue weighted by molar-refractivity contribution is 5.79. The van der Waals surface area contributed by atoms with Crippen molar-refractivity contribution in [2.45, 2.75) is 32.9 Å². The topological polar surface area (TPSA) is 96.4 Å². The molecule has 0 spiro atoms. The van der Waals surface area contributed by atoms with Crippen LogP contribution in [0.2, 0.25) is 0 Å². The molecule has 18 heavy (non-hydrogen) atoms. The lowest BCUT2D eigenvalue weighted by molar-refractivity contribution is -0.168. The third kappa shape index (κ3) is 4.08. The first-order chi connectivity index (χ1) is 8.56. The van der Waals surface area contributed by atoms with E-state index in [4.69, 9.17) is 15.2 Å². The predicted octanol–water partition coefficient (Wildman–Crippen LogP) is 0.350. The summed E-state index contributed by atoms with van der Waals surface area (Å²) in [6, 6.07) is 0. The van der Waals surface area contributed by atoms with Crippen LogP contribution >= 0.6 is 0 Å². The summed E-state index contributed by atoms with van der Waals surface area (Å²) in [6.07, 6.45) is 2.43. The second-order valence-corrected chi connectivity index (χ2v) is 3.61. The van der Waals surface area contributed by atoms with Crippen molar-refractivity contribution >= 4 is 17.6 Å². The van der Waals surface area contributed by atoms with Gasteiger partial charge in [0.25, 0.3) is 0 Å². The molecule has 0 saturated heterocycles. The van der Waals surface area contributed by atoms with Crippen LogP contribution in [-0.4, -0.2) is 34.4 Å². The number of rotatable bonds is 6. The zero-order chi connectivity index (χ0) is 13.5. The van der Waals surface area contributed by atoms with Gasteiger partial charge in [0.2, 0.25) is 0 Å². The van der Waals surface area contributed by atoms with Gasteiger partial charge in [0, 0.05) is 6.20 Å². The number of nitrogen functional groups attached to an aromatic ring is 1. The average Bonchev–Trinajstić information content (AvgIpc) is 2.71. The molecular weight excluding hydrogens is 238 g/mol. The zero-order valence-corrected chi connectivity index (χ0v) is 10.5. The van der Waals surface area contributed by atoms with Crippen molar-refractivity contribution in [3.63, 3.8) is 0 Å². The lowest BCUT2D eigenvalue weighted by Crippen LogP contribution is -2.30. The van der Waals surface area contributed by atoms with E-state index in [0.717, 1.165) is 0 Å². The number of anilines is 1. The van der Waals surface area contributed by atoms with Gasteiger partial charge in [-0.05, 0) is 13.3 Å². The van der Waals surface area contributed by atoms with Gasteiger partial charge in [0.1, 0.15) is 6.54 Å². The zero-order valence-electron chi connectivity index (χ0n) is 10.5. The van der Waals surface area contributed by atoms with Crippen molar-refractivity contribution in [1.82, 2.24) is 9.78 Å². The van der Waals surface area contributed by atoms with Gasteiger partial charge in [0.05, 0.1) is 18.5 Å². The molecule has 1 aromatic rings. The Bertz CT molecular complexity index is 416. The average molecular weight is 255 g/mol. The molecule has 1 unspecified atom stereocenters. The van der Waals surface area contributed by atoms with Crippen LogP contribution < -0.4 is 5.73 Å². The summed E-state index contributed by atoms with van der Waals surface area (Å²) in [7, 11) is 0. The Morgan fingerprint density at radius 3 is 2.72 bits per heavy atom. The molecule has 0 aromatic carbocycles. The van der Waals surface area contributed by atoms with Crippen LogP contribution in [0.3, 0.4) is 0 Å². The summed E-state index contributed by atoms with van der Waals surface area (Å²) in [5, 5.41) is 3.84. The minimum atomic E-state index is -0.870. The molecule has 0 radical (unpaired) electrons. The molecule has 1 aromatic heterocycles. The molecule has 0 fully saturated rings. The molecule has 1 rings (SSSR count). The fraction of sp³-hybridized carbons (Fsp3) is 0.545. The number of aromatic nitrogens is 2. The Morgan fingerprint density at radius 1 is 1.50 bits per heavy atom. The Kier molecular flexibility index (Phi) is 5.16. The number of nitrogens with zero attached hydrogens (tertiary/aromatic N) is 2. The monoisotopic (exact) mass is 255 g/mol. The summed E-state index contributed by atoms with van der Waals surface area (Å²) in [5.74, 6) is -1.09. The van der Waals surface area contributed by atoms with Gasteiger partial charge in [0.15, 0.2) is 6.10 Å². The number of nitrogens with two attached hydrogens (primary N) is 1. The normalized spacial score (nSPS) is 11.9. The van der Waals surface area contributed by atoms with Crippen molar-refractivity contribution in [2.24, 2.45) is 0 Å². The highest BCUT2D eigenvalue weighted by Crippen LogP contribution is 2.04. The quantitative estimate of drug-likeness (QED) is 0.737. The van der Waals surface area contributed by atoms with Crippen molar-refractivity contribution in [3.8, 4) is 0 Å². The third-order valence-electron chi connectivity index (χ3n) is 2.14. The number of hydrogen-bond acceptors (Lipinski definition) is 6. The molecule has 100 valence electrons. The molecule has 0 aliphatic heterocycles. The van der Waals surface area contributed by atoms with Crippen LogP contribution in [0.15, 0.2) is 12.4 Å². The number of carbonyl (C=O) groups excluding carboxylic acids is 2. The number of hydrogen-bond donors (Lipinski definition) is 1. The molecule has 0 saturated carbocycles. The first-order valence-corrected chi connectivity index (χ1v) is 5.70. The highest BCUT2D eigenvalue weighted by Gasteiger charge is 2.22. The maximum Gasteiger partial charge on any atom is 0.347 e. The molecule has 2 N–H and O–H groups in total. The van der Waals surface area contributed by atoms with Gasteiger partial charge in [-0.2, -0.15) is 5.10 Å². The molecule has 1 atom stereocenters. The van der Waals surface area contributed by atoms with Gasteiger partial charge in [-0.3, -0.25) is 9.48 Å². The molecule has 7 nitrogen and oxygen atoms in total. The van der Waals surface area contributed by atoms with E-state index < -0.39 is 18.0 Å². The Balaban J connectivity index is 2.49. The van der Waals surface area contributed by atoms with E-state index in [2.05, 4.69) is 5.10 Å². The van der Waals surface area contributed by atoms with E-state index in [-0.39, 0.29) is 13.2 Å². The molecular formula is C11H17N3O4. The summed E-state index contributed by atoms with van der Waals surface area (Å²) in [5.41, 5.74) is 5.92. The lowest BCUT2D eigenvalue weighted by atomic mass is 10.3. The number of ether oxygens (including phenoxy) is 2. The smallest absolute Gasteiger partial charge is 0.347 e. The highest BCUT2D eigenvalue weighted by atomic mass is 16.6. The third-order valence-corrected chi connectivity index (χ3v) is 2.14. The van der Waals surface area contributed by atoms with Crippen molar-refractivity contribution in [1.29, 1.82) is 0 Å². The van der Waals surface area contributed by atoms with Gasteiger partial charge in [-0.1, -0.05) is 6.92 Å². The van der Waals surface area contributed by atoms with Gasteiger partial charge >= 0.3 is 11.9 Å². The van der Waals surface area contributed by atoms with Gasteiger partial charge in [-0.15, -0.1) is 0 Å². The molecule has 7 heteroatoms. The minimum Gasteiger partial charge on any atom is -0.463 e. The minimum absolute atomic E-state index is 0.0902. The largest absolute Gasteiger partial charge is 0.463 e. The van der Waals surface area contributed by atoms with Crippen molar-refractivity contribution in [3.05, 3.63) is 12.4 Å². The van der Waals surface area contributed by atoms with Crippen LogP contribution in [0.25, 0.3) is 0 Å². The fourth-order valence-corrected chi connectivity index (χ4v) is 1.33. The van der Waals surface area contributed by atoms with Gasteiger partial charge < -0.3 is 15.2 Å². The second kappa shape index (κ2) is 6.63. The van der Waals surface area contributed by atoms with Crippen molar-refractivity contribution < 1.29 is 19.1 Å². The first kappa shape index (κ1) is 14.0. The predicted molar refractivity (Wildman–Crippen MR) is 63.4 cm³/mol. The van der Waals surface area contributed by atoms with Crippen LogP contribution in [0.4, 0.5) is 5.69 Å². The molecule has 0 amide bonds. The summed E-state index contributed by atoms with van der Waals surface area (Å²) >= 11 is 0. The van der Waals surface area contributed by atoms with E-state index in [1.807, 2.05) is 0 Å². The van der Waals surface area contributed by atoms with E-state index in [1.165, 1.54) is 17.1 Å². The maximum atomic E-state index is 11.6.